The van der Waals surface area contributed by atoms with Crippen LogP contribution in [0.3, 0.4) is 0 Å². The van der Waals surface area contributed by atoms with E-state index in [9.17, 15) is 13.6 Å². The van der Waals surface area contributed by atoms with Gasteiger partial charge in [0.15, 0.2) is 5.78 Å². The van der Waals surface area contributed by atoms with Crippen LogP contribution in [0, 0.1) is 0 Å². The minimum absolute atomic E-state index is 0.0700. The zero-order chi connectivity index (χ0) is 11.6. The van der Waals surface area contributed by atoms with E-state index in [1.807, 2.05) is 0 Å². The van der Waals surface area contributed by atoms with E-state index in [0.29, 0.717) is 0 Å². The summed E-state index contributed by atoms with van der Waals surface area (Å²) in [4.78, 5) is 11.1. The number of hydrogen-bond acceptors (Lipinski definition) is 2. The minimum Gasteiger partial charge on any atom is -0.434 e. The summed E-state index contributed by atoms with van der Waals surface area (Å²) >= 11 is 8.77. The quantitative estimate of drug-likeness (QED) is 0.791. The standard InChI is InChI=1S/C9H6BrClF2O2/c1-4(14)5-2-3-6(15-9(12)13)7(10)8(5)11/h2-3,9H,1H3. The van der Waals surface area contributed by atoms with Gasteiger partial charge in [-0.05, 0) is 35.0 Å². The molecule has 0 aromatic heterocycles. The summed E-state index contributed by atoms with van der Waals surface area (Å²) in [5.74, 6) is -0.343. The zero-order valence-electron chi connectivity index (χ0n) is 7.56. The number of rotatable bonds is 3. The van der Waals surface area contributed by atoms with Crippen molar-refractivity contribution in [1.82, 2.24) is 0 Å². The van der Waals surface area contributed by atoms with Crippen LogP contribution in [0.5, 0.6) is 5.75 Å². The maximum absolute atomic E-state index is 11.9. The molecule has 1 aromatic carbocycles. The van der Waals surface area contributed by atoms with Gasteiger partial charge in [0.25, 0.3) is 0 Å². The normalized spacial score (nSPS) is 10.5. The highest BCUT2D eigenvalue weighted by molar-refractivity contribution is 9.10. The molecule has 1 rings (SSSR count). The summed E-state index contributed by atoms with van der Waals surface area (Å²) in [6.45, 7) is -1.60. The first-order valence-electron chi connectivity index (χ1n) is 3.87. The number of halogens is 4. The van der Waals surface area contributed by atoms with Crippen molar-refractivity contribution in [3.63, 3.8) is 0 Å². The summed E-state index contributed by atoms with van der Waals surface area (Å²) in [6, 6.07) is 2.60. The molecule has 1 aromatic rings. The zero-order valence-corrected chi connectivity index (χ0v) is 9.90. The highest BCUT2D eigenvalue weighted by Crippen LogP contribution is 2.35. The van der Waals surface area contributed by atoms with Gasteiger partial charge in [-0.15, -0.1) is 0 Å². The molecule has 0 heterocycles. The summed E-state index contributed by atoms with van der Waals surface area (Å²) in [6.07, 6.45) is 0. The van der Waals surface area contributed by atoms with Crippen molar-refractivity contribution in [1.29, 1.82) is 0 Å². The Bertz CT molecular complexity index is 396. The molecule has 0 saturated heterocycles. The largest absolute Gasteiger partial charge is 0.434 e. The second kappa shape index (κ2) is 4.90. The molecule has 0 atom stereocenters. The number of hydrogen-bond donors (Lipinski definition) is 0. The summed E-state index contributed by atoms with van der Waals surface area (Å²) in [5.41, 5.74) is 0.255. The number of ether oxygens (including phenoxy) is 1. The van der Waals surface area contributed by atoms with Crippen molar-refractivity contribution in [2.45, 2.75) is 13.5 Å². The van der Waals surface area contributed by atoms with Crippen LogP contribution in [-0.4, -0.2) is 12.4 Å². The van der Waals surface area contributed by atoms with Crippen LogP contribution in [0.4, 0.5) is 8.78 Å². The number of carbonyl (C=O) groups is 1. The minimum atomic E-state index is -2.93. The third kappa shape index (κ3) is 2.89. The number of Topliss-reactive ketones (excluding diaryl/α,β-unsaturated/α-hetero) is 1. The van der Waals surface area contributed by atoms with Crippen LogP contribution < -0.4 is 4.74 Å². The van der Waals surface area contributed by atoms with E-state index in [2.05, 4.69) is 20.7 Å². The number of carbonyl (C=O) groups excluding carboxylic acids is 1. The Balaban J connectivity index is 3.15. The average Bonchev–Trinajstić information content (AvgIpc) is 2.12. The summed E-state index contributed by atoms with van der Waals surface area (Å²) in [7, 11) is 0. The van der Waals surface area contributed by atoms with Gasteiger partial charge in [-0.1, -0.05) is 11.6 Å². The van der Waals surface area contributed by atoms with Gasteiger partial charge in [0.05, 0.1) is 9.50 Å². The highest BCUT2D eigenvalue weighted by Gasteiger charge is 2.15. The molecule has 0 aliphatic carbocycles. The lowest BCUT2D eigenvalue weighted by Gasteiger charge is -2.09. The van der Waals surface area contributed by atoms with Gasteiger partial charge < -0.3 is 4.74 Å². The third-order valence-electron chi connectivity index (χ3n) is 1.64. The Morgan fingerprint density at radius 2 is 2.13 bits per heavy atom. The molecule has 15 heavy (non-hydrogen) atoms. The summed E-state index contributed by atoms with van der Waals surface area (Å²) in [5, 5.41) is 0.0700. The lowest BCUT2D eigenvalue weighted by molar-refractivity contribution is -0.0503. The predicted molar refractivity (Wildman–Crippen MR) is 55.8 cm³/mol. The average molecular weight is 299 g/mol. The van der Waals surface area contributed by atoms with Crippen LogP contribution in [-0.2, 0) is 0 Å². The molecule has 82 valence electrons. The maximum atomic E-state index is 11.9. The van der Waals surface area contributed by atoms with E-state index >= 15 is 0 Å². The first-order valence-corrected chi connectivity index (χ1v) is 5.04. The lowest BCUT2D eigenvalue weighted by Crippen LogP contribution is -2.04. The van der Waals surface area contributed by atoms with E-state index in [1.54, 1.807) is 0 Å². The fourth-order valence-electron chi connectivity index (χ4n) is 0.991. The Morgan fingerprint density at radius 3 is 2.60 bits per heavy atom. The molecule has 0 aliphatic heterocycles. The van der Waals surface area contributed by atoms with Crippen molar-refractivity contribution in [3.8, 4) is 5.75 Å². The number of alkyl halides is 2. The Morgan fingerprint density at radius 1 is 1.53 bits per heavy atom. The van der Waals surface area contributed by atoms with E-state index in [1.165, 1.54) is 19.1 Å². The van der Waals surface area contributed by atoms with Gasteiger partial charge in [0.2, 0.25) is 0 Å². The van der Waals surface area contributed by atoms with Crippen LogP contribution in [0.2, 0.25) is 5.02 Å². The first-order chi connectivity index (χ1) is 6.93. The Kier molecular flexibility index (Phi) is 4.04. The van der Waals surface area contributed by atoms with Gasteiger partial charge in [-0.2, -0.15) is 8.78 Å². The van der Waals surface area contributed by atoms with E-state index in [4.69, 9.17) is 11.6 Å². The molecule has 0 radical (unpaired) electrons. The molecular formula is C9H6BrClF2O2. The van der Waals surface area contributed by atoms with Gasteiger partial charge >= 0.3 is 6.61 Å². The van der Waals surface area contributed by atoms with Crippen molar-refractivity contribution in [3.05, 3.63) is 27.2 Å². The van der Waals surface area contributed by atoms with Crippen LogP contribution in [0.1, 0.15) is 17.3 Å². The number of benzene rings is 1. The van der Waals surface area contributed by atoms with Crippen LogP contribution in [0.15, 0.2) is 16.6 Å². The monoisotopic (exact) mass is 298 g/mol. The van der Waals surface area contributed by atoms with E-state index in [-0.39, 0.29) is 26.6 Å². The molecular weight excluding hydrogens is 293 g/mol. The van der Waals surface area contributed by atoms with Gasteiger partial charge in [-0.3, -0.25) is 4.79 Å². The molecule has 2 nitrogen and oxygen atoms in total. The van der Waals surface area contributed by atoms with E-state index in [0.717, 1.165) is 0 Å². The SMILES string of the molecule is CC(=O)c1ccc(OC(F)F)c(Br)c1Cl. The topological polar surface area (TPSA) is 26.3 Å². The highest BCUT2D eigenvalue weighted by atomic mass is 79.9. The molecule has 0 saturated carbocycles. The fraction of sp³-hybridized carbons (Fsp3) is 0.222. The smallest absolute Gasteiger partial charge is 0.387 e. The van der Waals surface area contributed by atoms with Crippen molar-refractivity contribution in [2.24, 2.45) is 0 Å². The second-order valence-electron chi connectivity index (χ2n) is 2.67. The predicted octanol–water partition coefficient (Wildman–Crippen LogP) is 3.91. The third-order valence-corrected chi connectivity index (χ3v) is 3.05. The van der Waals surface area contributed by atoms with Crippen molar-refractivity contribution in [2.75, 3.05) is 0 Å². The molecule has 0 fully saturated rings. The number of ketones is 1. The van der Waals surface area contributed by atoms with Crippen LogP contribution >= 0.6 is 27.5 Å². The van der Waals surface area contributed by atoms with Crippen LogP contribution in [0.25, 0.3) is 0 Å². The Labute approximate surface area is 98.3 Å². The molecule has 0 aliphatic rings. The summed E-state index contributed by atoms with van der Waals surface area (Å²) < 4.78 is 28.2. The molecule has 6 heteroatoms. The van der Waals surface area contributed by atoms with Crippen molar-refractivity contribution >= 4 is 33.3 Å². The molecule has 0 spiro atoms. The van der Waals surface area contributed by atoms with E-state index < -0.39 is 6.61 Å². The second-order valence-corrected chi connectivity index (χ2v) is 3.84. The lowest BCUT2D eigenvalue weighted by atomic mass is 10.1. The van der Waals surface area contributed by atoms with Gasteiger partial charge in [0, 0.05) is 5.56 Å². The maximum Gasteiger partial charge on any atom is 0.387 e. The van der Waals surface area contributed by atoms with Gasteiger partial charge in [0.1, 0.15) is 5.75 Å². The first kappa shape index (κ1) is 12.4. The fourth-order valence-corrected chi connectivity index (χ4v) is 1.72. The molecule has 0 unspecified atom stereocenters. The Hall–Kier alpha value is -0.680. The van der Waals surface area contributed by atoms with Crippen molar-refractivity contribution < 1.29 is 18.3 Å². The molecule has 0 N–H and O–H groups in total. The van der Waals surface area contributed by atoms with Gasteiger partial charge in [-0.25, -0.2) is 0 Å². The molecule has 0 bridgehead atoms. The molecule has 0 amide bonds.